The molecular formula is C20H28N4O. The summed E-state index contributed by atoms with van der Waals surface area (Å²) >= 11 is 0. The fourth-order valence-electron chi connectivity index (χ4n) is 3.67. The third kappa shape index (κ3) is 4.48. The number of carbonyl (C=O) groups is 1. The third-order valence-electron chi connectivity index (χ3n) is 5.10. The molecule has 1 unspecified atom stereocenters. The molecule has 2 N–H and O–H groups in total. The van der Waals surface area contributed by atoms with Gasteiger partial charge in [-0.2, -0.15) is 5.10 Å². The summed E-state index contributed by atoms with van der Waals surface area (Å²) < 4.78 is 0. The number of aromatic nitrogens is 2. The molecule has 2 aromatic rings. The number of hydrogen-bond donors (Lipinski definition) is 2. The third-order valence-corrected chi connectivity index (χ3v) is 5.10. The smallest absolute Gasteiger partial charge is 0.237 e. The number of aromatic amines is 1. The Morgan fingerprint density at radius 3 is 2.80 bits per heavy atom. The van der Waals surface area contributed by atoms with Crippen molar-refractivity contribution in [1.82, 2.24) is 20.4 Å². The van der Waals surface area contributed by atoms with Crippen LogP contribution in [-0.2, 0) is 17.8 Å². The number of amides is 1. The summed E-state index contributed by atoms with van der Waals surface area (Å²) in [5, 5.41) is 10.4. The van der Waals surface area contributed by atoms with E-state index in [1.165, 1.54) is 17.5 Å². The van der Waals surface area contributed by atoms with E-state index in [0.29, 0.717) is 6.54 Å². The lowest BCUT2D eigenvalue weighted by atomic mass is 10.00. The van der Waals surface area contributed by atoms with Crippen LogP contribution in [0.25, 0.3) is 0 Å². The second-order valence-corrected chi connectivity index (χ2v) is 6.92. The number of rotatable bonds is 6. The average Bonchev–Trinajstić information content (AvgIpc) is 2.95. The van der Waals surface area contributed by atoms with E-state index in [-0.39, 0.29) is 11.9 Å². The van der Waals surface area contributed by atoms with Gasteiger partial charge in [0.25, 0.3) is 0 Å². The van der Waals surface area contributed by atoms with Gasteiger partial charge in [0.15, 0.2) is 0 Å². The molecule has 5 nitrogen and oxygen atoms in total. The molecule has 0 spiro atoms. The zero-order valence-corrected chi connectivity index (χ0v) is 15.2. The van der Waals surface area contributed by atoms with Gasteiger partial charge in [0.2, 0.25) is 5.91 Å². The van der Waals surface area contributed by atoms with Gasteiger partial charge in [0.1, 0.15) is 0 Å². The Kier molecular flexibility index (Phi) is 5.87. The Morgan fingerprint density at radius 2 is 2.08 bits per heavy atom. The molecule has 0 aliphatic carbocycles. The Morgan fingerprint density at radius 1 is 1.28 bits per heavy atom. The molecule has 1 atom stereocenters. The van der Waals surface area contributed by atoms with E-state index in [2.05, 4.69) is 44.7 Å². The van der Waals surface area contributed by atoms with Gasteiger partial charge < -0.3 is 5.32 Å². The van der Waals surface area contributed by atoms with Crippen molar-refractivity contribution >= 4 is 5.91 Å². The highest BCUT2D eigenvalue weighted by Gasteiger charge is 2.28. The predicted octanol–water partition coefficient (Wildman–Crippen LogP) is 2.74. The maximum absolute atomic E-state index is 12.7. The molecule has 3 rings (SSSR count). The number of aryl methyl sites for hydroxylation is 2. The van der Waals surface area contributed by atoms with E-state index in [9.17, 15) is 4.79 Å². The van der Waals surface area contributed by atoms with Crippen molar-refractivity contribution in [3.05, 3.63) is 52.8 Å². The lowest BCUT2D eigenvalue weighted by molar-refractivity contribution is -0.127. The molecule has 1 aliphatic rings. The zero-order valence-electron chi connectivity index (χ0n) is 15.2. The number of benzene rings is 1. The molecule has 1 saturated heterocycles. The summed E-state index contributed by atoms with van der Waals surface area (Å²) in [4.78, 5) is 15.0. The molecule has 1 aliphatic heterocycles. The van der Waals surface area contributed by atoms with Crippen molar-refractivity contribution in [2.24, 2.45) is 0 Å². The standard InChI is InChI=1S/C20H28N4O/c1-15-18(16(2)23-22-15)11-12-21-20(25)19-10-6-7-13-24(19)14-17-8-4-3-5-9-17/h3-5,8-9,19H,6-7,10-14H2,1-2H3,(H,21,25)(H,22,23). The summed E-state index contributed by atoms with van der Waals surface area (Å²) in [6.45, 7) is 6.53. The number of hydrogen-bond acceptors (Lipinski definition) is 3. The van der Waals surface area contributed by atoms with Gasteiger partial charge in [-0.15, -0.1) is 0 Å². The van der Waals surface area contributed by atoms with Gasteiger partial charge in [-0.25, -0.2) is 0 Å². The lowest BCUT2D eigenvalue weighted by Crippen LogP contribution is -2.49. The molecule has 1 fully saturated rings. The molecule has 0 saturated carbocycles. The number of likely N-dealkylation sites (tertiary alicyclic amines) is 1. The molecule has 5 heteroatoms. The molecular weight excluding hydrogens is 312 g/mol. The van der Waals surface area contributed by atoms with Crippen molar-refractivity contribution in [3.8, 4) is 0 Å². The number of carbonyl (C=O) groups excluding carboxylic acids is 1. The first-order valence-electron chi connectivity index (χ1n) is 9.21. The summed E-state index contributed by atoms with van der Waals surface area (Å²) in [5.74, 6) is 0.162. The van der Waals surface area contributed by atoms with Crippen LogP contribution in [0.1, 0.15) is 41.8 Å². The fraction of sp³-hybridized carbons (Fsp3) is 0.500. The van der Waals surface area contributed by atoms with Crippen LogP contribution in [0.15, 0.2) is 30.3 Å². The van der Waals surface area contributed by atoms with Crippen LogP contribution < -0.4 is 5.32 Å². The van der Waals surface area contributed by atoms with Crippen molar-refractivity contribution in [2.45, 2.75) is 52.1 Å². The maximum Gasteiger partial charge on any atom is 0.237 e. The first-order valence-corrected chi connectivity index (χ1v) is 9.21. The molecule has 1 amide bonds. The predicted molar refractivity (Wildman–Crippen MR) is 99.3 cm³/mol. The molecule has 2 heterocycles. The highest BCUT2D eigenvalue weighted by Crippen LogP contribution is 2.20. The summed E-state index contributed by atoms with van der Waals surface area (Å²) in [6.07, 6.45) is 4.07. The number of nitrogens with zero attached hydrogens (tertiary/aromatic N) is 2. The van der Waals surface area contributed by atoms with Crippen molar-refractivity contribution in [1.29, 1.82) is 0 Å². The monoisotopic (exact) mass is 340 g/mol. The van der Waals surface area contributed by atoms with Crippen LogP contribution in [0, 0.1) is 13.8 Å². The lowest BCUT2D eigenvalue weighted by Gasteiger charge is -2.34. The van der Waals surface area contributed by atoms with E-state index in [0.717, 1.165) is 43.7 Å². The zero-order chi connectivity index (χ0) is 17.6. The first-order chi connectivity index (χ1) is 12.1. The number of H-pyrrole nitrogens is 1. The molecule has 134 valence electrons. The normalized spacial score (nSPS) is 18.2. The topological polar surface area (TPSA) is 61.0 Å². The van der Waals surface area contributed by atoms with Gasteiger partial charge in [-0.1, -0.05) is 36.8 Å². The second-order valence-electron chi connectivity index (χ2n) is 6.92. The van der Waals surface area contributed by atoms with Crippen LogP contribution >= 0.6 is 0 Å². The van der Waals surface area contributed by atoms with Crippen LogP contribution in [-0.4, -0.2) is 40.1 Å². The van der Waals surface area contributed by atoms with Gasteiger partial charge in [0.05, 0.1) is 11.7 Å². The molecule has 0 radical (unpaired) electrons. The Labute approximate surface area is 149 Å². The van der Waals surface area contributed by atoms with E-state index < -0.39 is 0 Å². The summed E-state index contributed by atoms with van der Waals surface area (Å²) in [6, 6.07) is 10.4. The van der Waals surface area contributed by atoms with E-state index >= 15 is 0 Å². The van der Waals surface area contributed by atoms with Gasteiger partial charge in [-0.3, -0.25) is 14.8 Å². The Hall–Kier alpha value is -2.14. The summed E-state index contributed by atoms with van der Waals surface area (Å²) in [7, 11) is 0. The average molecular weight is 340 g/mol. The van der Waals surface area contributed by atoms with Crippen molar-refractivity contribution in [2.75, 3.05) is 13.1 Å². The van der Waals surface area contributed by atoms with Crippen LogP contribution in [0.2, 0.25) is 0 Å². The van der Waals surface area contributed by atoms with Crippen LogP contribution in [0.5, 0.6) is 0 Å². The maximum atomic E-state index is 12.7. The fourth-order valence-corrected chi connectivity index (χ4v) is 3.67. The highest BCUT2D eigenvalue weighted by molar-refractivity contribution is 5.81. The number of piperidine rings is 1. The minimum absolute atomic E-state index is 0.0134. The Balaban J connectivity index is 1.55. The second kappa shape index (κ2) is 8.30. The molecule has 25 heavy (non-hydrogen) atoms. The van der Waals surface area contributed by atoms with Gasteiger partial charge in [-0.05, 0) is 50.8 Å². The molecule has 1 aromatic carbocycles. The van der Waals surface area contributed by atoms with Gasteiger partial charge in [0, 0.05) is 18.8 Å². The number of nitrogens with one attached hydrogen (secondary N) is 2. The minimum Gasteiger partial charge on any atom is -0.354 e. The van der Waals surface area contributed by atoms with E-state index in [4.69, 9.17) is 0 Å². The Bertz CT molecular complexity index is 675. The summed E-state index contributed by atoms with van der Waals surface area (Å²) in [5.41, 5.74) is 4.60. The minimum atomic E-state index is -0.0134. The highest BCUT2D eigenvalue weighted by atomic mass is 16.2. The van der Waals surface area contributed by atoms with Crippen molar-refractivity contribution in [3.63, 3.8) is 0 Å². The molecule has 0 bridgehead atoms. The quantitative estimate of drug-likeness (QED) is 0.850. The largest absolute Gasteiger partial charge is 0.354 e. The first kappa shape index (κ1) is 17.7. The SMILES string of the molecule is Cc1n[nH]c(C)c1CCNC(=O)C1CCCCN1Cc1ccccc1. The van der Waals surface area contributed by atoms with Gasteiger partial charge >= 0.3 is 0 Å². The van der Waals surface area contributed by atoms with Crippen molar-refractivity contribution < 1.29 is 4.79 Å². The van der Waals surface area contributed by atoms with E-state index in [1.807, 2.05) is 19.9 Å². The van der Waals surface area contributed by atoms with Crippen LogP contribution in [0.4, 0.5) is 0 Å². The van der Waals surface area contributed by atoms with E-state index in [1.54, 1.807) is 0 Å². The molecule has 1 aromatic heterocycles. The van der Waals surface area contributed by atoms with Crippen LogP contribution in [0.3, 0.4) is 0 Å².